The highest BCUT2D eigenvalue weighted by molar-refractivity contribution is 6.06. The molecule has 1 aromatic carbocycles. The number of carboxylic acid groups (broad SMARTS) is 1. The smallest absolute Gasteiger partial charge is 0.336 e. The minimum absolute atomic E-state index is 0.0135. The predicted molar refractivity (Wildman–Crippen MR) is 73.2 cm³/mol. The van der Waals surface area contributed by atoms with Gasteiger partial charge in [0.25, 0.3) is 5.91 Å². The van der Waals surface area contributed by atoms with Gasteiger partial charge >= 0.3 is 11.9 Å². The van der Waals surface area contributed by atoms with Gasteiger partial charge in [-0.25, -0.2) is 9.59 Å². The van der Waals surface area contributed by atoms with Crippen molar-refractivity contribution in [3.8, 4) is 0 Å². The lowest BCUT2D eigenvalue weighted by molar-refractivity contribution is -0.149. The van der Waals surface area contributed by atoms with E-state index in [4.69, 9.17) is 0 Å². The summed E-state index contributed by atoms with van der Waals surface area (Å²) in [7, 11) is 1.11. The second-order valence-corrected chi connectivity index (χ2v) is 4.50. The molecule has 114 valence electrons. The molecule has 0 saturated carbocycles. The van der Waals surface area contributed by atoms with Gasteiger partial charge in [-0.15, -0.1) is 0 Å². The second-order valence-electron chi connectivity index (χ2n) is 4.50. The van der Waals surface area contributed by atoms with Crippen LogP contribution in [0.25, 0.3) is 0 Å². The first-order chi connectivity index (χ1) is 9.79. The van der Waals surface area contributed by atoms with E-state index < -0.39 is 23.9 Å². The Balaban J connectivity index is 3.00. The summed E-state index contributed by atoms with van der Waals surface area (Å²) in [6.45, 7) is 2.83. The van der Waals surface area contributed by atoms with E-state index in [2.05, 4.69) is 10.1 Å². The average molecular weight is 295 g/mol. The Morgan fingerprint density at radius 3 is 2.19 bits per heavy atom. The standard InChI is InChI=1S/C14H17NO6/c1-7-4-5-8(2)11(13(18)19)10(7)12(17)15-6-9(16)14(20)21-3/h4-5,9,16H,6H2,1-3H3,(H,15,17)(H,18,19). The van der Waals surface area contributed by atoms with Crippen molar-refractivity contribution >= 4 is 17.8 Å². The second kappa shape index (κ2) is 6.85. The molecule has 7 nitrogen and oxygen atoms in total. The van der Waals surface area contributed by atoms with Gasteiger partial charge in [0.2, 0.25) is 0 Å². The molecule has 0 aliphatic rings. The number of hydrogen-bond acceptors (Lipinski definition) is 5. The van der Waals surface area contributed by atoms with Gasteiger partial charge in [0.1, 0.15) is 0 Å². The zero-order valence-electron chi connectivity index (χ0n) is 12.0. The van der Waals surface area contributed by atoms with E-state index in [1.807, 2.05) is 0 Å². The van der Waals surface area contributed by atoms with Crippen molar-refractivity contribution in [2.75, 3.05) is 13.7 Å². The van der Waals surface area contributed by atoms with Crippen LogP contribution in [-0.4, -0.2) is 47.8 Å². The number of aliphatic hydroxyl groups excluding tert-OH is 1. The number of hydrogen-bond donors (Lipinski definition) is 3. The molecule has 0 bridgehead atoms. The third-order valence-electron chi connectivity index (χ3n) is 2.99. The lowest BCUT2D eigenvalue weighted by Gasteiger charge is -2.14. The van der Waals surface area contributed by atoms with Crippen LogP contribution in [0.5, 0.6) is 0 Å². The van der Waals surface area contributed by atoms with Crippen LogP contribution in [-0.2, 0) is 9.53 Å². The van der Waals surface area contributed by atoms with Gasteiger partial charge in [0, 0.05) is 0 Å². The highest BCUT2D eigenvalue weighted by Gasteiger charge is 2.23. The molecule has 0 saturated heterocycles. The molecule has 0 fully saturated rings. The van der Waals surface area contributed by atoms with Gasteiger partial charge in [-0.3, -0.25) is 4.79 Å². The van der Waals surface area contributed by atoms with Gasteiger partial charge in [0.15, 0.2) is 6.10 Å². The SMILES string of the molecule is COC(=O)C(O)CNC(=O)c1c(C)ccc(C)c1C(=O)O. The third-order valence-corrected chi connectivity index (χ3v) is 2.99. The first kappa shape index (κ1) is 16.6. The van der Waals surface area contributed by atoms with E-state index in [1.54, 1.807) is 26.0 Å². The van der Waals surface area contributed by atoms with Crippen LogP contribution in [0.2, 0.25) is 0 Å². The fourth-order valence-electron chi connectivity index (χ4n) is 1.88. The number of carbonyl (C=O) groups excluding carboxylic acids is 2. The minimum Gasteiger partial charge on any atom is -0.478 e. The number of benzene rings is 1. The molecule has 7 heteroatoms. The van der Waals surface area contributed by atoms with Crippen molar-refractivity contribution in [3.05, 3.63) is 34.4 Å². The predicted octanol–water partition coefficient (Wildman–Crippen LogP) is 0.265. The summed E-state index contributed by atoms with van der Waals surface area (Å²) in [4.78, 5) is 34.4. The number of carboxylic acids is 1. The molecule has 21 heavy (non-hydrogen) atoms. The molecule has 1 atom stereocenters. The zero-order chi connectivity index (χ0) is 16.2. The molecule has 0 heterocycles. The van der Waals surface area contributed by atoms with Crippen molar-refractivity contribution < 1.29 is 29.3 Å². The summed E-state index contributed by atoms with van der Waals surface area (Å²) in [5.41, 5.74) is 0.856. The number of rotatable bonds is 5. The molecule has 1 rings (SSSR count). The molecule has 0 aromatic heterocycles. The van der Waals surface area contributed by atoms with Crippen LogP contribution < -0.4 is 5.32 Å². The monoisotopic (exact) mass is 295 g/mol. The molecule has 0 radical (unpaired) electrons. The van der Waals surface area contributed by atoms with E-state index in [0.717, 1.165) is 7.11 Å². The number of carbonyl (C=O) groups is 3. The van der Waals surface area contributed by atoms with Crippen LogP contribution in [0.1, 0.15) is 31.8 Å². The van der Waals surface area contributed by atoms with Crippen molar-refractivity contribution in [2.24, 2.45) is 0 Å². The van der Waals surface area contributed by atoms with E-state index in [0.29, 0.717) is 11.1 Å². The number of methoxy groups -OCH3 is 1. The average Bonchev–Trinajstić information content (AvgIpc) is 2.44. The van der Waals surface area contributed by atoms with Crippen LogP contribution in [0, 0.1) is 13.8 Å². The fraction of sp³-hybridized carbons (Fsp3) is 0.357. The van der Waals surface area contributed by atoms with Crippen molar-refractivity contribution in [1.82, 2.24) is 5.32 Å². The summed E-state index contributed by atoms with van der Waals surface area (Å²) in [6.07, 6.45) is -1.50. The Kier molecular flexibility index (Phi) is 5.43. The zero-order valence-corrected chi connectivity index (χ0v) is 12.0. The van der Waals surface area contributed by atoms with E-state index in [1.165, 1.54) is 0 Å². The summed E-state index contributed by atoms with van der Waals surface area (Å²) in [6, 6.07) is 3.24. The highest BCUT2D eigenvalue weighted by Crippen LogP contribution is 2.18. The lowest BCUT2D eigenvalue weighted by atomic mass is 9.96. The lowest BCUT2D eigenvalue weighted by Crippen LogP contribution is -2.38. The van der Waals surface area contributed by atoms with Crippen LogP contribution in [0.15, 0.2) is 12.1 Å². The molecule has 0 aliphatic heterocycles. The minimum atomic E-state index is -1.50. The maximum Gasteiger partial charge on any atom is 0.336 e. The van der Waals surface area contributed by atoms with Gasteiger partial charge in [-0.05, 0) is 25.0 Å². The third kappa shape index (κ3) is 3.79. The van der Waals surface area contributed by atoms with Gasteiger partial charge in [0.05, 0.1) is 24.8 Å². The van der Waals surface area contributed by atoms with Gasteiger partial charge in [-0.2, -0.15) is 0 Å². The Morgan fingerprint density at radius 1 is 1.19 bits per heavy atom. The first-order valence-corrected chi connectivity index (χ1v) is 6.17. The number of amides is 1. The molecular weight excluding hydrogens is 278 g/mol. The van der Waals surface area contributed by atoms with Gasteiger partial charge in [-0.1, -0.05) is 12.1 Å². The van der Waals surface area contributed by atoms with E-state index in [-0.39, 0.29) is 17.7 Å². The Morgan fingerprint density at radius 2 is 1.71 bits per heavy atom. The number of aryl methyl sites for hydroxylation is 2. The number of ether oxygens (including phenoxy) is 1. The summed E-state index contributed by atoms with van der Waals surface area (Å²) < 4.78 is 4.32. The van der Waals surface area contributed by atoms with Crippen molar-refractivity contribution in [2.45, 2.75) is 20.0 Å². The molecule has 0 spiro atoms. The van der Waals surface area contributed by atoms with E-state index in [9.17, 15) is 24.6 Å². The van der Waals surface area contributed by atoms with Crippen molar-refractivity contribution in [1.29, 1.82) is 0 Å². The molecule has 1 unspecified atom stereocenters. The van der Waals surface area contributed by atoms with Crippen LogP contribution in [0.4, 0.5) is 0 Å². The molecular formula is C14H17NO6. The van der Waals surface area contributed by atoms with Crippen LogP contribution in [0.3, 0.4) is 0 Å². The Bertz CT molecular complexity index is 581. The summed E-state index contributed by atoms with van der Waals surface area (Å²) >= 11 is 0. The van der Waals surface area contributed by atoms with Crippen LogP contribution >= 0.6 is 0 Å². The number of aliphatic hydroxyl groups is 1. The first-order valence-electron chi connectivity index (χ1n) is 6.17. The van der Waals surface area contributed by atoms with E-state index >= 15 is 0 Å². The number of aromatic carboxylic acids is 1. The number of esters is 1. The topological polar surface area (TPSA) is 113 Å². The summed E-state index contributed by atoms with van der Waals surface area (Å²) in [5, 5.41) is 21.0. The maximum absolute atomic E-state index is 12.1. The molecule has 3 N–H and O–H groups in total. The largest absolute Gasteiger partial charge is 0.478 e. The maximum atomic E-state index is 12.1. The van der Waals surface area contributed by atoms with Gasteiger partial charge < -0.3 is 20.3 Å². The Hall–Kier alpha value is -2.41. The highest BCUT2D eigenvalue weighted by atomic mass is 16.5. The molecule has 0 aliphatic carbocycles. The number of nitrogens with one attached hydrogen (secondary N) is 1. The fourth-order valence-corrected chi connectivity index (χ4v) is 1.88. The summed E-state index contributed by atoms with van der Waals surface area (Å²) in [5.74, 6) is -2.76. The quantitative estimate of drug-likeness (QED) is 0.672. The van der Waals surface area contributed by atoms with Crippen molar-refractivity contribution in [3.63, 3.8) is 0 Å². The normalized spacial score (nSPS) is 11.6. The molecule has 1 aromatic rings. The Labute approximate surface area is 121 Å². The molecule has 1 amide bonds.